The Morgan fingerprint density at radius 3 is 1.81 bits per heavy atom. The van der Waals surface area contributed by atoms with E-state index in [9.17, 15) is 0 Å². The summed E-state index contributed by atoms with van der Waals surface area (Å²) in [5.74, 6) is 0. The van der Waals surface area contributed by atoms with E-state index in [2.05, 4.69) is 43.3 Å². The predicted octanol–water partition coefficient (Wildman–Crippen LogP) is 4.49. The van der Waals surface area contributed by atoms with Crippen molar-refractivity contribution in [3.8, 4) is 22.3 Å². The van der Waals surface area contributed by atoms with Crippen molar-refractivity contribution in [3.05, 3.63) is 72.3 Å². The van der Waals surface area contributed by atoms with Crippen LogP contribution in [-0.2, 0) is 0 Å². The lowest BCUT2D eigenvalue weighted by Gasteiger charge is -2.10. The molecule has 0 aromatic heterocycles. The van der Waals surface area contributed by atoms with E-state index in [1.807, 2.05) is 30.3 Å². The van der Waals surface area contributed by atoms with Crippen molar-refractivity contribution in [1.82, 2.24) is 0 Å². The minimum atomic E-state index is 0.628. The quantitative estimate of drug-likeness (QED) is 0.676. The number of aryl methyl sites for hydroxylation is 1. The highest BCUT2D eigenvalue weighted by molar-refractivity contribution is 5.79. The molecule has 3 rings (SSSR count). The zero-order valence-electron chi connectivity index (χ0n) is 12.0. The van der Waals surface area contributed by atoms with E-state index in [0.717, 1.165) is 16.7 Å². The predicted molar refractivity (Wildman–Crippen MR) is 90.9 cm³/mol. The minimum Gasteiger partial charge on any atom is -0.397 e. The Morgan fingerprint density at radius 2 is 1.14 bits per heavy atom. The van der Waals surface area contributed by atoms with Crippen LogP contribution in [0.5, 0.6) is 0 Å². The van der Waals surface area contributed by atoms with Crippen LogP contribution in [0.15, 0.2) is 66.7 Å². The molecule has 0 heterocycles. The number of anilines is 2. The summed E-state index contributed by atoms with van der Waals surface area (Å²) in [6.07, 6.45) is 0. The van der Waals surface area contributed by atoms with Crippen molar-refractivity contribution in [1.29, 1.82) is 0 Å². The van der Waals surface area contributed by atoms with Gasteiger partial charge in [0.25, 0.3) is 0 Å². The Morgan fingerprint density at radius 1 is 0.619 bits per heavy atom. The Bertz CT molecular complexity index is 760. The van der Waals surface area contributed by atoms with Gasteiger partial charge in [-0.15, -0.1) is 0 Å². The van der Waals surface area contributed by atoms with Gasteiger partial charge in [-0.3, -0.25) is 0 Å². The monoisotopic (exact) mass is 274 g/mol. The van der Waals surface area contributed by atoms with Crippen LogP contribution in [0, 0.1) is 6.92 Å². The van der Waals surface area contributed by atoms with Gasteiger partial charge in [-0.1, -0.05) is 54.6 Å². The van der Waals surface area contributed by atoms with E-state index in [1.54, 1.807) is 0 Å². The molecule has 0 aliphatic rings. The van der Waals surface area contributed by atoms with E-state index in [0.29, 0.717) is 11.4 Å². The fourth-order valence-electron chi connectivity index (χ4n) is 2.53. The SMILES string of the molecule is Cc1cc(N)c(N)cc1-c1ccc(-c2ccccc2)cc1. The molecule has 0 fully saturated rings. The van der Waals surface area contributed by atoms with Crippen molar-refractivity contribution < 1.29 is 0 Å². The van der Waals surface area contributed by atoms with Gasteiger partial charge in [-0.05, 0) is 46.9 Å². The lowest BCUT2D eigenvalue weighted by molar-refractivity contribution is 1.46. The Labute approximate surface area is 125 Å². The van der Waals surface area contributed by atoms with Gasteiger partial charge in [0.05, 0.1) is 11.4 Å². The number of rotatable bonds is 2. The van der Waals surface area contributed by atoms with Crippen LogP contribution in [0.4, 0.5) is 11.4 Å². The maximum atomic E-state index is 5.92. The second-order valence-corrected chi connectivity index (χ2v) is 5.24. The first-order valence-corrected chi connectivity index (χ1v) is 6.96. The van der Waals surface area contributed by atoms with Gasteiger partial charge in [0.1, 0.15) is 0 Å². The molecule has 0 aliphatic carbocycles. The molecule has 0 bridgehead atoms. The second kappa shape index (κ2) is 5.33. The average Bonchev–Trinajstić information content (AvgIpc) is 2.52. The molecule has 0 saturated heterocycles. The number of nitrogen functional groups attached to an aromatic ring is 2. The van der Waals surface area contributed by atoms with Crippen molar-refractivity contribution in [2.75, 3.05) is 11.5 Å². The van der Waals surface area contributed by atoms with Gasteiger partial charge in [0.15, 0.2) is 0 Å². The highest BCUT2D eigenvalue weighted by Crippen LogP contribution is 2.30. The zero-order chi connectivity index (χ0) is 14.8. The lowest BCUT2D eigenvalue weighted by atomic mass is 9.96. The van der Waals surface area contributed by atoms with Crippen LogP contribution in [0.1, 0.15) is 5.56 Å². The summed E-state index contributed by atoms with van der Waals surface area (Å²) >= 11 is 0. The van der Waals surface area contributed by atoms with E-state index >= 15 is 0 Å². The number of hydrogen-bond donors (Lipinski definition) is 2. The van der Waals surface area contributed by atoms with Gasteiger partial charge in [0.2, 0.25) is 0 Å². The average molecular weight is 274 g/mol. The number of nitrogens with two attached hydrogens (primary N) is 2. The van der Waals surface area contributed by atoms with Crippen LogP contribution in [0.3, 0.4) is 0 Å². The van der Waals surface area contributed by atoms with E-state index in [4.69, 9.17) is 11.5 Å². The first-order valence-electron chi connectivity index (χ1n) is 6.96. The molecule has 0 spiro atoms. The van der Waals surface area contributed by atoms with Crippen molar-refractivity contribution in [2.24, 2.45) is 0 Å². The summed E-state index contributed by atoms with van der Waals surface area (Å²) in [6.45, 7) is 2.05. The third-order valence-electron chi connectivity index (χ3n) is 3.73. The van der Waals surface area contributed by atoms with E-state index < -0.39 is 0 Å². The molecule has 0 unspecified atom stereocenters. The molecule has 0 saturated carbocycles. The van der Waals surface area contributed by atoms with E-state index in [-0.39, 0.29) is 0 Å². The van der Waals surface area contributed by atoms with Crippen LogP contribution in [0.25, 0.3) is 22.3 Å². The van der Waals surface area contributed by atoms with Crippen LogP contribution < -0.4 is 11.5 Å². The molecule has 2 heteroatoms. The lowest BCUT2D eigenvalue weighted by Crippen LogP contribution is -1.96. The van der Waals surface area contributed by atoms with Crippen LogP contribution in [-0.4, -0.2) is 0 Å². The second-order valence-electron chi connectivity index (χ2n) is 5.24. The fourth-order valence-corrected chi connectivity index (χ4v) is 2.53. The number of hydrogen-bond acceptors (Lipinski definition) is 2. The molecule has 0 radical (unpaired) electrons. The minimum absolute atomic E-state index is 0.628. The van der Waals surface area contributed by atoms with Crippen LogP contribution >= 0.6 is 0 Å². The molecule has 0 amide bonds. The maximum absolute atomic E-state index is 5.92. The summed E-state index contributed by atoms with van der Waals surface area (Å²) < 4.78 is 0. The molecular formula is C19H18N2. The topological polar surface area (TPSA) is 52.0 Å². The fraction of sp³-hybridized carbons (Fsp3) is 0.0526. The first-order chi connectivity index (χ1) is 10.1. The summed E-state index contributed by atoms with van der Waals surface area (Å²) in [5.41, 5.74) is 18.9. The van der Waals surface area contributed by atoms with Gasteiger partial charge in [-0.25, -0.2) is 0 Å². The van der Waals surface area contributed by atoms with Gasteiger partial charge >= 0.3 is 0 Å². The third-order valence-corrected chi connectivity index (χ3v) is 3.73. The molecule has 0 atom stereocenters. The smallest absolute Gasteiger partial charge is 0.0554 e. The highest BCUT2D eigenvalue weighted by atomic mass is 14.7. The third kappa shape index (κ3) is 2.61. The largest absolute Gasteiger partial charge is 0.397 e. The van der Waals surface area contributed by atoms with E-state index in [1.165, 1.54) is 11.1 Å². The van der Waals surface area contributed by atoms with Crippen molar-refractivity contribution >= 4 is 11.4 Å². The van der Waals surface area contributed by atoms with Crippen LogP contribution in [0.2, 0.25) is 0 Å². The Balaban J connectivity index is 2.00. The van der Waals surface area contributed by atoms with Gasteiger partial charge < -0.3 is 11.5 Å². The van der Waals surface area contributed by atoms with Gasteiger partial charge in [-0.2, -0.15) is 0 Å². The first kappa shape index (κ1) is 13.3. The van der Waals surface area contributed by atoms with Gasteiger partial charge in [0, 0.05) is 0 Å². The molecule has 3 aromatic rings. The molecule has 21 heavy (non-hydrogen) atoms. The highest BCUT2D eigenvalue weighted by Gasteiger charge is 2.06. The van der Waals surface area contributed by atoms with Crippen molar-refractivity contribution in [2.45, 2.75) is 6.92 Å². The Hall–Kier alpha value is -2.74. The van der Waals surface area contributed by atoms with Crippen molar-refractivity contribution in [3.63, 3.8) is 0 Å². The summed E-state index contributed by atoms with van der Waals surface area (Å²) in [5, 5.41) is 0. The standard InChI is InChI=1S/C19H18N2/c1-13-11-18(20)19(21)12-17(13)16-9-7-15(8-10-16)14-5-3-2-4-6-14/h2-12H,20-21H2,1H3. The molecule has 4 N–H and O–H groups in total. The molecule has 0 aliphatic heterocycles. The molecule has 2 nitrogen and oxygen atoms in total. The maximum Gasteiger partial charge on any atom is 0.0554 e. The number of benzene rings is 3. The summed E-state index contributed by atoms with van der Waals surface area (Å²) in [4.78, 5) is 0. The summed E-state index contributed by atoms with van der Waals surface area (Å²) in [6, 6.07) is 22.7. The zero-order valence-corrected chi connectivity index (χ0v) is 12.0. The Kier molecular flexibility index (Phi) is 3.36. The molecule has 104 valence electrons. The summed E-state index contributed by atoms with van der Waals surface area (Å²) in [7, 11) is 0. The normalized spacial score (nSPS) is 10.5. The molecular weight excluding hydrogens is 256 g/mol. The molecule has 3 aromatic carbocycles.